The number of pyridine rings is 1. The summed E-state index contributed by atoms with van der Waals surface area (Å²) in [6, 6.07) is 14.2. The lowest BCUT2D eigenvalue weighted by Crippen LogP contribution is -2.37. The number of likely N-dealkylation sites (tertiary alicyclic amines) is 1. The van der Waals surface area contributed by atoms with Gasteiger partial charge in [-0.1, -0.05) is 41.0 Å². The molecular formula is C21H23N5O2. The second-order valence-corrected chi connectivity index (χ2v) is 7.15. The van der Waals surface area contributed by atoms with Crippen molar-refractivity contribution >= 4 is 11.9 Å². The summed E-state index contributed by atoms with van der Waals surface area (Å²) in [5.41, 5.74) is 3.16. The van der Waals surface area contributed by atoms with E-state index in [0.717, 1.165) is 32.5 Å². The van der Waals surface area contributed by atoms with Crippen LogP contribution in [0.2, 0.25) is 0 Å². The monoisotopic (exact) mass is 377 g/mol. The Kier molecular flexibility index (Phi) is 5.43. The molecule has 28 heavy (non-hydrogen) atoms. The van der Waals surface area contributed by atoms with Crippen LogP contribution in [-0.4, -0.2) is 39.1 Å². The van der Waals surface area contributed by atoms with Gasteiger partial charge in [0.25, 0.3) is 5.89 Å². The van der Waals surface area contributed by atoms with E-state index in [1.165, 1.54) is 11.1 Å². The third kappa shape index (κ3) is 4.43. The zero-order valence-electron chi connectivity index (χ0n) is 15.8. The van der Waals surface area contributed by atoms with Gasteiger partial charge in [-0.05, 0) is 50.6 Å². The summed E-state index contributed by atoms with van der Waals surface area (Å²) < 4.78 is 5.51. The fraction of sp³-hybridized carbons (Fsp3) is 0.333. The average molecular weight is 377 g/mol. The molecule has 7 heteroatoms. The van der Waals surface area contributed by atoms with Crippen molar-refractivity contribution in [2.45, 2.75) is 26.3 Å². The first-order chi connectivity index (χ1) is 13.7. The third-order valence-corrected chi connectivity index (χ3v) is 5.02. The first kappa shape index (κ1) is 18.3. The molecule has 1 fully saturated rings. The van der Waals surface area contributed by atoms with Crippen LogP contribution in [0.15, 0.2) is 53.1 Å². The molecule has 1 aromatic carbocycles. The predicted octanol–water partition coefficient (Wildman–Crippen LogP) is 3.29. The maximum Gasteiger partial charge on any atom is 0.322 e. The molecule has 3 aromatic rings. The fourth-order valence-corrected chi connectivity index (χ4v) is 3.38. The van der Waals surface area contributed by atoms with E-state index in [9.17, 15) is 4.79 Å². The van der Waals surface area contributed by atoms with Crippen LogP contribution in [0, 0.1) is 12.8 Å². The highest BCUT2D eigenvalue weighted by Gasteiger charge is 2.26. The Morgan fingerprint density at radius 1 is 1.14 bits per heavy atom. The molecule has 1 N–H and O–H groups in total. The van der Waals surface area contributed by atoms with Gasteiger partial charge < -0.3 is 4.42 Å². The summed E-state index contributed by atoms with van der Waals surface area (Å²) in [7, 11) is 0. The van der Waals surface area contributed by atoms with Crippen LogP contribution in [-0.2, 0) is 11.3 Å². The SMILES string of the molecule is Cc1ccc(CN2CCC(C(=O)Nc3nnc(-c4ccccn4)o3)CC2)cc1. The van der Waals surface area contributed by atoms with Gasteiger partial charge in [-0.3, -0.25) is 20.0 Å². The number of nitrogens with one attached hydrogen (secondary N) is 1. The highest BCUT2D eigenvalue weighted by molar-refractivity contribution is 5.90. The van der Waals surface area contributed by atoms with Crippen molar-refractivity contribution in [1.82, 2.24) is 20.1 Å². The van der Waals surface area contributed by atoms with Crippen LogP contribution in [0.25, 0.3) is 11.6 Å². The van der Waals surface area contributed by atoms with Gasteiger partial charge in [0.05, 0.1) is 0 Å². The van der Waals surface area contributed by atoms with Crippen LogP contribution in [0.3, 0.4) is 0 Å². The molecule has 1 aliphatic heterocycles. The van der Waals surface area contributed by atoms with Crippen LogP contribution < -0.4 is 5.32 Å². The molecule has 144 valence electrons. The maximum absolute atomic E-state index is 12.5. The number of hydrogen-bond acceptors (Lipinski definition) is 6. The lowest BCUT2D eigenvalue weighted by Gasteiger charge is -2.31. The summed E-state index contributed by atoms with van der Waals surface area (Å²) in [4.78, 5) is 19.1. The standard InChI is InChI=1S/C21H23N5O2/c1-15-5-7-16(8-6-15)14-26-12-9-17(10-13-26)19(27)23-21-25-24-20(28-21)18-4-2-3-11-22-18/h2-8,11,17H,9-10,12-14H2,1H3,(H,23,25,27). The second kappa shape index (κ2) is 8.31. The Balaban J connectivity index is 1.28. The molecule has 1 aliphatic rings. The minimum Gasteiger partial charge on any atom is -0.401 e. The molecule has 1 saturated heterocycles. The number of nitrogens with zero attached hydrogens (tertiary/aromatic N) is 4. The van der Waals surface area contributed by atoms with Crippen LogP contribution in [0.5, 0.6) is 0 Å². The molecule has 0 atom stereocenters. The molecule has 4 rings (SSSR count). The third-order valence-electron chi connectivity index (χ3n) is 5.02. The number of piperidine rings is 1. The topological polar surface area (TPSA) is 84.2 Å². The Hall–Kier alpha value is -3.06. The smallest absolute Gasteiger partial charge is 0.322 e. The van der Waals surface area contributed by atoms with Crippen molar-refractivity contribution < 1.29 is 9.21 Å². The van der Waals surface area contributed by atoms with E-state index in [-0.39, 0.29) is 17.8 Å². The van der Waals surface area contributed by atoms with Gasteiger partial charge in [0, 0.05) is 18.7 Å². The van der Waals surface area contributed by atoms with Crippen LogP contribution >= 0.6 is 0 Å². The summed E-state index contributed by atoms with van der Waals surface area (Å²) in [5, 5.41) is 10.6. The predicted molar refractivity (Wildman–Crippen MR) is 105 cm³/mol. The molecule has 0 unspecified atom stereocenters. The lowest BCUT2D eigenvalue weighted by atomic mass is 9.95. The van der Waals surface area contributed by atoms with Crippen molar-refractivity contribution in [2.75, 3.05) is 18.4 Å². The number of aromatic nitrogens is 3. The number of rotatable bonds is 5. The summed E-state index contributed by atoms with van der Waals surface area (Å²) >= 11 is 0. The van der Waals surface area contributed by atoms with Crippen LogP contribution in [0.4, 0.5) is 6.01 Å². The van der Waals surface area contributed by atoms with Crippen molar-refractivity contribution in [3.05, 3.63) is 59.8 Å². The lowest BCUT2D eigenvalue weighted by molar-refractivity contribution is -0.121. The molecule has 0 bridgehead atoms. The van der Waals surface area contributed by atoms with Crippen LogP contribution in [0.1, 0.15) is 24.0 Å². The average Bonchev–Trinajstić information content (AvgIpc) is 3.19. The molecule has 7 nitrogen and oxygen atoms in total. The second-order valence-electron chi connectivity index (χ2n) is 7.15. The minimum absolute atomic E-state index is 0.0422. The van der Waals surface area contributed by atoms with Gasteiger partial charge in [0.1, 0.15) is 5.69 Å². The van der Waals surface area contributed by atoms with E-state index in [4.69, 9.17) is 4.42 Å². The number of carbonyl (C=O) groups is 1. The minimum atomic E-state index is -0.0637. The van der Waals surface area contributed by atoms with Crippen molar-refractivity contribution in [1.29, 1.82) is 0 Å². The molecule has 2 aromatic heterocycles. The first-order valence-corrected chi connectivity index (χ1v) is 9.51. The normalized spacial score (nSPS) is 15.5. The Morgan fingerprint density at radius 2 is 1.93 bits per heavy atom. The van der Waals surface area contributed by atoms with Crippen molar-refractivity contribution in [3.63, 3.8) is 0 Å². The Morgan fingerprint density at radius 3 is 2.64 bits per heavy atom. The number of carbonyl (C=O) groups excluding carboxylic acids is 1. The first-order valence-electron chi connectivity index (χ1n) is 9.51. The Labute approximate surface area is 163 Å². The molecule has 3 heterocycles. The van der Waals surface area contributed by atoms with E-state index >= 15 is 0 Å². The van der Waals surface area contributed by atoms with E-state index in [1.807, 2.05) is 12.1 Å². The highest BCUT2D eigenvalue weighted by atomic mass is 16.4. The van der Waals surface area contributed by atoms with E-state index in [2.05, 4.69) is 56.6 Å². The zero-order chi connectivity index (χ0) is 19.3. The Bertz CT molecular complexity index is 915. The molecule has 0 spiro atoms. The number of amides is 1. The molecular weight excluding hydrogens is 354 g/mol. The van der Waals surface area contributed by atoms with Gasteiger partial charge in [0.2, 0.25) is 5.91 Å². The van der Waals surface area contributed by atoms with Gasteiger partial charge in [0.15, 0.2) is 0 Å². The van der Waals surface area contributed by atoms with E-state index < -0.39 is 0 Å². The van der Waals surface area contributed by atoms with Gasteiger partial charge in [-0.2, -0.15) is 0 Å². The number of hydrogen-bond donors (Lipinski definition) is 1. The fourth-order valence-electron chi connectivity index (χ4n) is 3.38. The van der Waals surface area contributed by atoms with Gasteiger partial charge >= 0.3 is 6.01 Å². The number of benzene rings is 1. The highest BCUT2D eigenvalue weighted by Crippen LogP contribution is 2.22. The molecule has 1 amide bonds. The summed E-state index contributed by atoms with van der Waals surface area (Å²) in [6.45, 7) is 4.81. The molecule has 0 radical (unpaired) electrons. The zero-order valence-corrected chi connectivity index (χ0v) is 15.8. The summed E-state index contributed by atoms with van der Waals surface area (Å²) in [6.07, 6.45) is 3.29. The molecule has 0 aliphatic carbocycles. The maximum atomic E-state index is 12.5. The quantitative estimate of drug-likeness (QED) is 0.734. The number of aryl methyl sites for hydroxylation is 1. The summed E-state index contributed by atoms with van der Waals surface area (Å²) in [5.74, 6) is 0.189. The largest absolute Gasteiger partial charge is 0.401 e. The number of anilines is 1. The van der Waals surface area contributed by atoms with E-state index in [1.54, 1.807) is 12.3 Å². The van der Waals surface area contributed by atoms with Gasteiger partial charge in [-0.25, -0.2) is 0 Å². The van der Waals surface area contributed by atoms with Crippen molar-refractivity contribution in [2.24, 2.45) is 5.92 Å². The molecule has 0 saturated carbocycles. The van der Waals surface area contributed by atoms with E-state index in [0.29, 0.717) is 11.6 Å². The van der Waals surface area contributed by atoms with Gasteiger partial charge in [-0.15, -0.1) is 5.10 Å². The van der Waals surface area contributed by atoms with Crippen molar-refractivity contribution in [3.8, 4) is 11.6 Å².